The van der Waals surface area contributed by atoms with E-state index >= 15 is 0 Å². The van der Waals surface area contributed by atoms with E-state index in [0.717, 1.165) is 12.0 Å². The van der Waals surface area contributed by atoms with Crippen molar-refractivity contribution < 1.29 is 14.4 Å². The van der Waals surface area contributed by atoms with Crippen LogP contribution in [0.4, 0.5) is 11.4 Å². The van der Waals surface area contributed by atoms with Crippen molar-refractivity contribution >= 4 is 29.1 Å². The van der Waals surface area contributed by atoms with Crippen molar-refractivity contribution in [1.82, 2.24) is 4.90 Å². The first-order valence-corrected chi connectivity index (χ1v) is 9.10. The molecule has 0 aromatic heterocycles. The molecule has 1 N–H and O–H groups in total. The summed E-state index contributed by atoms with van der Waals surface area (Å²) in [6.07, 6.45) is 1.25. The molecular weight excluding hydrogens is 342 g/mol. The van der Waals surface area contributed by atoms with E-state index in [4.69, 9.17) is 0 Å². The number of para-hydroxylation sites is 2. The van der Waals surface area contributed by atoms with Gasteiger partial charge >= 0.3 is 0 Å². The number of nitrogens with zero attached hydrogens (tertiary/aromatic N) is 2. The van der Waals surface area contributed by atoms with E-state index in [9.17, 15) is 14.4 Å². The number of anilines is 2. The van der Waals surface area contributed by atoms with Crippen LogP contribution in [0.5, 0.6) is 0 Å². The molecule has 2 heterocycles. The molecule has 27 heavy (non-hydrogen) atoms. The van der Waals surface area contributed by atoms with Crippen LogP contribution >= 0.6 is 0 Å². The molecule has 0 bridgehead atoms. The Labute approximate surface area is 157 Å². The second-order valence-electron chi connectivity index (χ2n) is 6.89. The molecule has 0 radical (unpaired) electrons. The van der Waals surface area contributed by atoms with Gasteiger partial charge in [0.05, 0.1) is 11.3 Å². The van der Waals surface area contributed by atoms with Gasteiger partial charge in [0.25, 0.3) is 11.8 Å². The second kappa shape index (κ2) is 6.23. The van der Waals surface area contributed by atoms with Gasteiger partial charge in [-0.05, 0) is 30.2 Å². The lowest BCUT2D eigenvalue weighted by Crippen LogP contribution is -2.68. The number of rotatable bonds is 3. The van der Waals surface area contributed by atoms with Crippen molar-refractivity contribution in [3.63, 3.8) is 0 Å². The van der Waals surface area contributed by atoms with E-state index in [1.165, 1.54) is 9.80 Å². The van der Waals surface area contributed by atoms with Gasteiger partial charge in [-0.2, -0.15) is 0 Å². The third-order valence-electron chi connectivity index (χ3n) is 5.55. The molecule has 0 aliphatic carbocycles. The first-order chi connectivity index (χ1) is 13.0. The van der Waals surface area contributed by atoms with E-state index in [1.807, 2.05) is 31.2 Å². The SMILES string of the molecule is CCc1ccccc1NC(=O)[C@]12CCC(=O)N1c1ccccc1C(=O)N2C. The Bertz CT molecular complexity index is 955. The Morgan fingerprint density at radius 1 is 1.11 bits per heavy atom. The molecule has 0 saturated carbocycles. The number of nitrogens with one attached hydrogen (secondary N) is 1. The molecular formula is C21H21N3O3. The highest BCUT2D eigenvalue weighted by Gasteiger charge is 2.59. The van der Waals surface area contributed by atoms with Crippen LogP contribution < -0.4 is 10.2 Å². The van der Waals surface area contributed by atoms with E-state index in [1.54, 1.807) is 31.3 Å². The summed E-state index contributed by atoms with van der Waals surface area (Å²) < 4.78 is 0. The monoisotopic (exact) mass is 363 g/mol. The minimum absolute atomic E-state index is 0.152. The number of amides is 3. The van der Waals surface area contributed by atoms with Crippen molar-refractivity contribution in [2.24, 2.45) is 0 Å². The fourth-order valence-electron chi connectivity index (χ4n) is 4.10. The summed E-state index contributed by atoms with van der Waals surface area (Å²) in [5, 5.41) is 2.97. The normalized spacial score (nSPS) is 21.1. The largest absolute Gasteiger partial charge is 0.322 e. The summed E-state index contributed by atoms with van der Waals surface area (Å²) in [4.78, 5) is 42.0. The maximum atomic E-state index is 13.5. The molecule has 6 nitrogen and oxygen atoms in total. The van der Waals surface area contributed by atoms with Crippen molar-refractivity contribution in [3.05, 3.63) is 59.7 Å². The summed E-state index contributed by atoms with van der Waals surface area (Å²) >= 11 is 0. The van der Waals surface area contributed by atoms with Gasteiger partial charge in [-0.15, -0.1) is 0 Å². The minimum atomic E-state index is -1.34. The van der Waals surface area contributed by atoms with Gasteiger partial charge in [-0.25, -0.2) is 0 Å². The standard InChI is InChI=1S/C21H21N3O3/c1-3-14-8-4-6-10-16(14)22-20(27)21-13-12-18(25)24(21)17-11-7-5-9-15(17)19(26)23(21)2/h4-11H,3,12-13H2,1-2H3,(H,22,27)/t21-/m0/s1. The van der Waals surface area contributed by atoms with Crippen LogP contribution in [-0.2, 0) is 16.0 Å². The molecule has 1 atom stereocenters. The topological polar surface area (TPSA) is 69.7 Å². The maximum Gasteiger partial charge on any atom is 0.271 e. The third kappa shape index (κ3) is 2.36. The van der Waals surface area contributed by atoms with Crippen LogP contribution in [0.25, 0.3) is 0 Å². The van der Waals surface area contributed by atoms with Crippen molar-refractivity contribution in [1.29, 1.82) is 0 Å². The van der Waals surface area contributed by atoms with Gasteiger partial charge in [0.2, 0.25) is 11.6 Å². The number of hydrogen-bond acceptors (Lipinski definition) is 3. The zero-order chi connectivity index (χ0) is 19.2. The molecule has 4 rings (SSSR count). The average molecular weight is 363 g/mol. The van der Waals surface area contributed by atoms with Crippen LogP contribution in [0.2, 0.25) is 0 Å². The highest BCUT2D eigenvalue weighted by atomic mass is 16.2. The van der Waals surface area contributed by atoms with Gasteiger partial charge in [0, 0.05) is 25.6 Å². The quantitative estimate of drug-likeness (QED) is 0.912. The molecule has 1 fully saturated rings. The zero-order valence-electron chi connectivity index (χ0n) is 15.4. The maximum absolute atomic E-state index is 13.5. The van der Waals surface area contributed by atoms with Crippen LogP contribution in [0.1, 0.15) is 35.7 Å². The third-order valence-corrected chi connectivity index (χ3v) is 5.55. The second-order valence-corrected chi connectivity index (χ2v) is 6.89. The number of benzene rings is 2. The van der Waals surface area contributed by atoms with Crippen molar-refractivity contribution in [2.75, 3.05) is 17.3 Å². The predicted molar refractivity (Wildman–Crippen MR) is 102 cm³/mol. The van der Waals surface area contributed by atoms with E-state index in [-0.39, 0.29) is 30.6 Å². The molecule has 138 valence electrons. The van der Waals surface area contributed by atoms with Gasteiger partial charge in [-0.1, -0.05) is 37.3 Å². The number of aryl methyl sites for hydroxylation is 1. The molecule has 2 aromatic carbocycles. The summed E-state index contributed by atoms with van der Waals surface area (Å²) in [5.41, 5.74) is 1.31. The summed E-state index contributed by atoms with van der Waals surface area (Å²) in [5.74, 6) is -0.768. The Morgan fingerprint density at radius 3 is 2.59 bits per heavy atom. The van der Waals surface area contributed by atoms with Crippen molar-refractivity contribution in [2.45, 2.75) is 31.8 Å². The fraction of sp³-hybridized carbons (Fsp3) is 0.286. The lowest BCUT2D eigenvalue weighted by molar-refractivity contribution is -0.128. The molecule has 2 aliphatic heterocycles. The van der Waals surface area contributed by atoms with Crippen LogP contribution in [0.15, 0.2) is 48.5 Å². The van der Waals surface area contributed by atoms with E-state index in [0.29, 0.717) is 16.9 Å². The number of carbonyl (C=O) groups is 3. The molecule has 2 aromatic rings. The van der Waals surface area contributed by atoms with E-state index in [2.05, 4.69) is 5.32 Å². The number of fused-ring (bicyclic) bond motifs is 3. The first-order valence-electron chi connectivity index (χ1n) is 9.10. The Morgan fingerprint density at radius 2 is 1.81 bits per heavy atom. The Balaban J connectivity index is 1.81. The van der Waals surface area contributed by atoms with Gasteiger partial charge in [0.15, 0.2) is 0 Å². The smallest absolute Gasteiger partial charge is 0.271 e. The van der Waals surface area contributed by atoms with Gasteiger partial charge in [0.1, 0.15) is 0 Å². The Kier molecular flexibility index (Phi) is 3.98. The number of likely N-dealkylation sites (N-methyl/N-ethyl adjacent to an activating group) is 1. The van der Waals surface area contributed by atoms with Gasteiger partial charge in [-0.3, -0.25) is 19.3 Å². The Hall–Kier alpha value is -3.15. The fourth-order valence-corrected chi connectivity index (χ4v) is 4.10. The van der Waals surface area contributed by atoms with Crippen LogP contribution in [0.3, 0.4) is 0 Å². The van der Waals surface area contributed by atoms with Crippen molar-refractivity contribution in [3.8, 4) is 0 Å². The summed E-state index contributed by atoms with van der Waals surface area (Å²) in [6.45, 7) is 2.02. The highest BCUT2D eigenvalue weighted by Crippen LogP contribution is 2.44. The number of carbonyl (C=O) groups excluding carboxylic acids is 3. The predicted octanol–water partition coefficient (Wildman–Crippen LogP) is 2.80. The highest BCUT2D eigenvalue weighted by molar-refractivity contribution is 6.18. The molecule has 1 saturated heterocycles. The first kappa shape index (κ1) is 17.3. The average Bonchev–Trinajstić information content (AvgIpc) is 3.05. The van der Waals surface area contributed by atoms with Gasteiger partial charge < -0.3 is 10.2 Å². The molecule has 0 spiro atoms. The minimum Gasteiger partial charge on any atom is -0.322 e. The lowest BCUT2D eigenvalue weighted by atomic mass is 9.96. The van der Waals surface area contributed by atoms with E-state index < -0.39 is 5.66 Å². The summed E-state index contributed by atoms with van der Waals surface area (Å²) in [7, 11) is 1.59. The molecule has 0 unspecified atom stereocenters. The van der Waals surface area contributed by atoms with Crippen LogP contribution in [0, 0.1) is 0 Å². The molecule has 6 heteroatoms. The zero-order valence-corrected chi connectivity index (χ0v) is 15.4. The summed E-state index contributed by atoms with van der Waals surface area (Å²) in [6, 6.07) is 14.5. The molecule has 2 aliphatic rings. The van der Waals surface area contributed by atoms with Crippen LogP contribution in [-0.4, -0.2) is 35.3 Å². The molecule has 3 amide bonds. The lowest BCUT2D eigenvalue weighted by Gasteiger charge is -2.47. The number of hydrogen-bond donors (Lipinski definition) is 1.